The third kappa shape index (κ3) is 4.63. The molecule has 4 aromatic rings. The Kier molecular flexibility index (Phi) is 6.38. The number of carbonyl (C=O) groups is 1. The van der Waals surface area contributed by atoms with Gasteiger partial charge in [-0.05, 0) is 61.7 Å². The first kappa shape index (κ1) is 23.7. The number of hydrogen-bond donors (Lipinski definition) is 1. The van der Waals surface area contributed by atoms with Crippen molar-refractivity contribution in [3.63, 3.8) is 0 Å². The molecule has 0 bridgehead atoms. The van der Waals surface area contributed by atoms with Crippen LogP contribution in [0.4, 0.5) is 15.8 Å². The number of allylic oxidation sites excluding steroid dienone is 1. The number of furan rings is 1. The van der Waals surface area contributed by atoms with E-state index in [9.17, 15) is 19.3 Å². The monoisotopic (exact) mass is 474 g/mol. The van der Waals surface area contributed by atoms with Crippen molar-refractivity contribution in [2.75, 3.05) is 12.4 Å². The second kappa shape index (κ2) is 9.42. The number of rotatable bonds is 6. The van der Waals surface area contributed by atoms with Gasteiger partial charge >= 0.3 is 0 Å². The van der Waals surface area contributed by atoms with Crippen LogP contribution in [0.1, 0.15) is 23.6 Å². The number of nitrogens with one attached hydrogen (secondary N) is 1. The van der Waals surface area contributed by atoms with Crippen molar-refractivity contribution < 1.29 is 23.3 Å². The number of hydrogen-bond acceptors (Lipinski definition) is 5. The number of anilines is 1. The predicted molar refractivity (Wildman–Crippen MR) is 133 cm³/mol. The van der Waals surface area contributed by atoms with Gasteiger partial charge in [-0.25, -0.2) is 4.39 Å². The number of nitro benzene ring substituents is 1. The molecule has 4 rings (SSSR count). The second-order valence-corrected chi connectivity index (χ2v) is 8.19. The summed E-state index contributed by atoms with van der Waals surface area (Å²) >= 11 is 0. The number of benzene rings is 3. The minimum atomic E-state index is -0.483. The second-order valence-electron chi connectivity index (χ2n) is 8.19. The van der Waals surface area contributed by atoms with E-state index in [0.717, 1.165) is 22.1 Å². The summed E-state index contributed by atoms with van der Waals surface area (Å²) in [5, 5.41) is 14.5. The molecule has 1 aromatic heterocycles. The molecule has 1 heterocycles. The Morgan fingerprint density at radius 3 is 2.49 bits per heavy atom. The predicted octanol–water partition coefficient (Wildman–Crippen LogP) is 6.81. The molecule has 0 aliphatic rings. The van der Waals surface area contributed by atoms with Gasteiger partial charge in [0.2, 0.25) is 5.91 Å². The highest BCUT2D eigenvalue weighted by Crippen LogP contribution is 2.40. The summed E-state index contributed by atoms with van der Waals surface area (Å²) < 4.78 is 24.9. The molecule has 7 nitrogen and oxygen atoms in total. The fourth-order valence-corrected chi connectivity index (χ4v) is 4.07. The topological polar surface area (TPSA) is 94.6 Å². The Balaban J connectivity index is 1.72. The normalized spacial score (nSPS) is 11.5. The fourth-order valence-electron chi connectivity index (χ4n) is 4.07. The minimum Gasteiger partial charge on any atom is -0.496 e. The van der Waals surface area contributed by atoms with Crippen LogP contribution in [0.3, 0.4) is 0 Å². The lowest BCUT2D eigenvalue weighted by Crippen LogP contribution is -2.10. The van der Waals surface area contributed by atoms with Crippen LogP contribution in [-0.2, 0) is 4.79 Å². The molecule has 0 fully saturated rings. The van der Waals surface area contributed by atoms with Crippen molar-refractivity contribution in [3.05, 3.63) is 93.5 Å². The molecule has 1 N–H and O–H groups in total. The third-order valence-electron chi connectivity index (χ3n) is 5.85. The van der Waals surface area contributed by atoms with Crippen molar-refractivity contribution in [2.45, 2.75) is 20.8 Å². The Morgan fingerprint density at radius 1 is 1.14 bits per heavy atom. The van der Waals surface area contributed by atoms with Gasteiger partial charge in [-0.15, -0.1) is 0 Å². The van der Waals surface area contributed by atoms with Crippen molar-refractivity contribution in [1.82, 2.24) is 0 Å². The van der Waals surface area contributed by atoms with Gasteiger partial charge in [-0.1, -0.05) is 12.1 Å². The zero-order valence-electron chi connectivity index (χ0n) is 19.6. The third-order valence-corrected chi connectivity index (χ3v) is 5.85. The summed E-state index contributed by atoms with van der Waals surface area (Å²) in [6.07, 6.45) is 3.07. The largest absolute Gasteiger partial charge is 0.496 e. The Bertz CT molecular complexity index is 1490. The van der Waals surface area contributed by atoms with E-state index in [1.807, 2.05) is 13.0 Å². The first-order valence-electron chi connectivity index (χ1n) is 10.8. The molecule has 0 aliphatic heterocycles. The summed E-state index contributed by atoms with van der Waals surface area (Å²) in [5.41, 5.74) is 5.38. The molecule has 0 unspecified atom stereocenters. The highest BCUT2D eigenvalue weighted by atomic mass is 19.1. The Hall–Kier alpha value is -4.46. The van der Waals surface area contributed by atoms with E-state index >= 15 is 0 Å². The molecule has 3 aromatic carbocycles. The molecular formula is C27H23FN2O5. The van der Waals surface area contributed by atoms with E-state index < -0.39 is 4.92 Å². The van der Waals surface area contributed by atoms with Crippen LogP contribution in [0, 0.1) is 29.8 Å². The van der Waals surface area contributed by atoms with Crippen LogP contribution in [0.25, 0.3) is 27.7 Å². The van der Waals surface area contributed by atoms with E-state index in [1.54, 1.807) is 39.4 Å². The number of amides is 1. The van der Waals surface area contributed by atoms with Crippen LogP contribution >= 0.6 is 0 Å². The molecule has 178 valence electrons. The average molecular weight is 474 g/mol. The standard InChI is InChI=1S/C27H23FN2O5/c1-15(12-25(31)29-24-10-9-20(30(32)33)11-16(24)2)21-13-22-23(18-5-7-19(28)8-6-18)14-35-27(22)17(3)26(21)34-4/h5-14H,1-4H3,(H,29,31)/b15-12+. The smallest absolute Gasteiger partial charge is 0.269 e. The molecule has 0 atom stereocenters. The van der Waals surface area contributed by atoms with Gasteiger partial charge in [0.05, 0.1) is 18.3 Å². The van der Waals surface area contributed by atoms with Gasteiger partial charge in [0.1, 0.15) is 17.1 Å². The van der Waals surface area contributed by atoms with Crippen molar-refractivity contribution in [2.24, 2.45) is 0 Å². The van der Waals surface area contributed by atoms with E-state index in [2.05, 4.69) is 5.32 Å². The number of non-ortho nitro benzene ring substituents is 1. The van der Waals surface area contributed by atoms with Gasteiger partial charge in [-0.2, -0.15) is 0 Å². The molecule has 0 aliphatic carbocycles. The molecule has 0 spiro atoms. The SMILES string of the molecule is COc1c(/C(C)=C/C(=O)Nc2ccc([N+](=O)[O-])cc2C)cc2c(-c3ccc(F)cc3)coc2c1C. The molecular weight excluding hydrogens is 451 g/mol. The van der Waals surface area contributed by atoms with E-state index in [4.69, 9.17) is 9.15 Å². The molecule has 8 heteroatoms. The lowest BCUT2D eigenvalue weighted by Gasteiger charge is -2.13. The Labute approximate surface area is 201 Å². The van der Waals surface area contributed by atoms with Gasteiger partial charge in [-0.3, -0.25) is 14.9 Å². The zero-order chi connectivity index (χ0) is 25.3. The number of ether oxygens (including phenoxy) is 1. The van der Waals surface area contributed by atoms with Crippen LogP contribution in [0.2, 0.25) is 0 Å². The van der Waals surface area contributed by atoms with Crippen molar-refractivity contribution in [3.8, 4) is 16.9 Å². The average Bonchev–Trinajstić information content (AvgIpc) is 3.25. The van der Waals surface area contributed by atoms with Crippen LogP contribution in [0.15, 0.2) is 65.3 Å². The molecule has 0 saturated heterocycles. The number of aryl methyl sites for hydroxylation is 2. The summed E-state index contributed by atoms with van der Waals surface area (Å²) in [6, 6.07) is 12.3. The lowest BCUT2D eigenvalue weighted by atomic mass is 9.96. The maximum absolute atomic E-state index is 13.4. The van der Waals surface area contributed by atoms with Gasteiger partial charge in [0, 0.05) is 46.0 Å². The number of nitro groups is 1. The number of carbonyl (C=O) groups excluding carboxylic acids is 1. The maximum atomic E-state index is 13.4. The number of nitrogens with zero attached hydrogens (tertiary/aromatic N) is 1. The fraction of sp³-hybridized carbons (Fsp3) is 0.148. The molecule has 0 radical (unpaired) electrons. The van der Waals surface area contributed by atoms with Crippen LogP contribution in [-0.4, -0.2) is 17.9 Å². The first-order valence-corrected chi connectivity index (χ1v) is 10.8. The van der Waals surface area contributed by atoms with Crippen molar-refractivity contribution >= 4 is 33.8 Å². The van der Waals surface area contributed by atoms with Crippen LogP contribution < -0.4 is 10.1 Å². The molecule has 1 amide bonds. The van der Waals surface area contributed by atoms with Gasteiger partial charge < -0.3 is 14.5 Å². The van der Waals surface area contributed by atoms with Gasteiger partial charge in [0.25, 0.3) is 5.69 Å². The molecule has 0 saturated carbocycles. The number of methoxy groups -OCH3 is 1. The summed E-state index contributed by atoms with van der Waals surface area (Å²) in [4.78, 5) is 23.2. The lowest BCUT2D eigenvalue weighted by molar-refractivity contribution is -0.384. The highest BCUT2D eigenvalue weighted by Gasteiger charge is 2.19. The minimum absolute atomic E-state index is 0.0437. The number of halogens is 1. The summed E-state index contributed by atoms with van der Waals surface area (Å²) in [7, 11) is 1.55. The van der Waals surface area contributed by atoms with Crippen molar-refractivity contribution in [1.29, 1.82) is 0 Å². The quantitative estimate of drug-likeness (QED) is 0.188. The summed E-state index contributed by atoms with van der Waals surface area (Å²) in [5.74, 6) is -0.135. The number of fused-ring (bicyclic) bond motifs is 1. The van der Waals surface area contributed by atoms with E-state index in [-0.39, 0.29) is 17.4 Å². The van der Waals surface area contributed by atoms with E-state index in [0.29, 0.717) is 33.7 Å². The zero-order valence-corrected chi connectivity index (χ0v) is 19.6. The Morgan fingerprint density at radius 2 is 1.86 bits per heavy atom. The van der Waals surface area contributed by atoms with E-state index in [1.165, 1.54) is 36.4 Å². The van der Waals surface area contributed by atoms with Crippen LogP contribution in [0.5, 0.6) is 5.75 Å². The molecule has 35 heavy (non-hydrogen) atoms. The maximum Gasteiger partial charge on any atom is 0.269 e. The summed E-state index contributed by atoms with van der Waals surface area (Å²) in [6.45, 7) is 5.36. The van der Waals surface area contributed by atoms with Gasteiger partial charge in [0.15, 0.2) is 0 Å². The highest BCUT2D eigenvalue weighted by molar-refractivity contribution is 6.06. The first-order chi connectivity index (χ1) is 16.7.